The predicted molar refractivity (Wildman–Crippen MR) is 66.5 cm³/mol. The summed E-state index contributed by atoms with van der Waals surface area (Å²) in [5.41, 5.74) is 0. The minimum Gasteiger partial charge on any atom is -0.394 e. The first-order valence-electron chi connectivity index (χ1n) is 6.17. The van der Waals surface area contributed by atoms with Crippen molar-refractivity contribution in [2.24, 2.45) is 5.92 Å². The normalized spacial score (nSPS) is 22.2. The van der Waals surface area contributed by atoms with Crippen LogP contribution in [0.2, 0.25) is 0 Å². The lowest BCUT2D eigenvalue weighted by atomic mass is 10.0. The quantitative estimate of drug-likeness (QED) is 0.856. The molecule has 1 fully saturated rings. The van der Waals surface area contributed by atoms with Crippen LogP contribution in [0.25, 0.3) is 0 Å². The van der Waals surface area contributed by atoms with E-state index in [4.69, 9.17) is 5.11 Å². The summed E-state index contributed by atoms with van der Waals surface area (Å²) >= 11 is 0. The maximum atomic E-state index is 12.4. The molecule has 0 saturated carbocycles. The van der Waals surface area contributed by atoms with Crippen LogP contribution >= 0.6 is 0 Å². The summed E-state index contributed by atoms with van der Waals surface area (Å²) in [7, 11) is -3.42. The molecule has 0 aromatic carbocycles. The Labute approximate surface area is 107 Å². The Hall–Kier alpha value is -0.920. The van der Waals surface area contributed by atoms with Crippen LogP contribution in [0.5, 0.6) is 0 Å². The smallest absolute Gasteiger partial charge is 0.246 e. The molecule has 6 nitrogen and oxygen atoms in total. The number of piperidine rings is 1. The SMILES string of the molecule is CC1CCCN(S(=O)(=O)c2cnn(CCO)c2)C1. The molecule has 0 bridgehead atoms. The molecule has 18 heavy (non-hydrogen) atoms. The lowest BCUT2D eigenvalue weighted by Crippen LogP contribution is -2.38. The van der Waals surface area contributed by atoms with Crippen LogP contribution in [-0.2, 0) is 16.6 Å². The van der Waals surface area contributed by atoms with Crippen LogP contribution in [0.3, 0.4) is 0 Å². The van der Waals surface area contributed by atoms with Gasteiger partial charge < -0.3 is 5.11 Å². The molecule has 7 heteroatoms. The van der Waals surface area contributed by atoms with Crippen molar-refractivity contribution in [1.29, 1.82) is 0 Å². The third-order valence-corrected chi connectivity index (χ3v) is 5.01. The third kappa shape index (κ3) is 2.73. The zero-order chi connectivity index (χ0) is 13.2. The first kappa shape index (κ1) is 13.5. The highest BCUT2D eigenvalue weighted by atomic mass is 32.2. The minimum atomic E-state index is -3.42. The van der Waals surface area contributed by atoms with Crippen molar-refractivity contribution in [2.45, 2.75) is 31.2 Å². The van der Waals surface area contributed by atoms with Gasteiger partial charge in [-0.15, -0.1) is 0 Å². The van der Waals surface area contributed by atoms with Gasteiger partial charge in [0.1, 0.15) is 4.90 Å². The molecule has 0 amide bonds. The number of aliphatic hydroxyl groups is 1. The fraction of sp³-hybridized carbons (Fsp3) is 0.727. The molecule has 1 aliphatic heterocycles. The Morgan fingerprint density at radius 3 is 3.00 bits per heavy atom. The number of rotatable bonds is 4. The van der Waals surface area contributed by atoms with E-state index in [1.54, 1.807) is 0 Å². The van der Waals surface area contributed by atoms with Gasteiger partial charge >= 0.3 is 0 Å². The zero-order valence-corrected chi connectivity index (χ0v) is 11.3. The largest absolute Gasteiger partial charge is 0.394 e. The highest BCUT2D eigenvalue weighted by Gasteiger charge is 2.29. The van der Waals surface area contributed by atoms with Gasteiger partial charge in [0.2, 0.25) is 10.0 Å². The summed E-state index contributed by atoms with van der Waals surface area (Å²) in [5, 5.41) is 12.7. The summed E-state index contributed by atoms with van der Waals surface area (Å²) in [5.74, 6) is 0.404. The maximum Gasteiger partial charge on any atom is 0.246 e. The molecule has 0 spiro atoms. The number of nitrogens with zero attached hydrogens (tertiary/aromatic N) is 3. The number of aliphatic hydroxyl groups excluding tert-OH is 1. The highest BCUT2D eigenvalue weighted by molar-refractivity contribution is 7.89. The van der Waals surface area contributed by atoms with Gasteiger partial charge in [-0.05, 0) is 18.8 Å². The van der Waals surface area contributed by atoms with E-state index in [2.05, 4.69) is 12.0 Å². The van der Waals surface area contributed by atoms with Crippen molar-refractivity contribution in [3.63, 3.8) is 0 Å². The number of aromatic nitrogens is 2. The van der Waals surface area contributed by atoms with Crippen molar-refractivity contribution >= 4 is 10.0 Å². The fourth-order valence-electron chi connectivity index (χ4n) is 2.22. The van der Waals surface area contributed by atoms with Gasteiger partial charge in [-0.25, -0.2) is 8.42 Å². The molecule has 1 aromatic rings. The van der Waals surface area contributed by atoms with Gasteiger partial charge in [-0.3, -0.25) is 4.68 Å². The number of hydrogen-bond acceptors (Lipinski definition) is 4. The average Bonchev–Trinajstić information content (AvgIpc) is 2.79. The van der Waals surface area contributed by atoms with Crippen LogP contribution in [0.1, 0.15) is 19.8 Å². The molecule has 1 aromatic heterocycles. The molecule has 1 aliphatic rings. The van der Waals surface area contributed by atoms with E-state index in [-0.39, 0.29) is 11.5 Å². The summed E-state index contributed by atoms with van der Waals surface area (Å²) in [6.07, 6.45) is 4.82. The monoisotopic (exact) mass is 273 g/mol. The van der Waals surface area contributed by atoms with Crippen molar-refractivity contribution in [2.75, 3.05) is 19.7 Å². The van der Waals surface area contributed by atoms with Crippen molar-refractivity contribution in [3.8, 4) is 0 Å². The molecule has 102 valence electrons. The first-order valence-corrected chi connectivity index (χ1v) is 7.61. The Bertz CT molecular complexity index is 497. The first-order chi connectivity index (χ1) is 8.54. The molecule has 1 atom stereocenters. The zero-order valence-electron chi connectivity index (χ0n) is 10.5. The molecule has 1 N–H and O–H groups in total. The van der Waals surface area contributed by atoms with E-state index in [0.717, 1.165) is 12.8 Å². The molecule has 0 aliphatic carbocycles. The van der Waals surface area contributed by atoms with E-state index in [1.807, 2.05) is 0 Å². The minimum absolute atomic E-state index is 0.0537. The molecule has 2 heterocycles. The fourth-order valence-corrected chi connectivity index (χ4v) is 3.77. The Balaban J connectivity index is 2.18. The van der Waals surface area contributed by atoms with Gasteiger partial charge in [-0.1, -0.05) is 6.92 Å². The molecule has 2 rings (SSSR count). The summed E-state index contributed by atoms with van der Waals surface area (Å²) in [6.45, 7) is 3.48. The molecular weight excluding hydrogens is 254 g/mol. The number of sulfonamides is 1. The van der Waals surface area contributed by atoms with Gasteiger partial charge in [0.25, 0.3) is 0 Å². The standard InChI is InChI=1S/C11H19N3O3S/c1-10-3-2-4-14(8-10)18(16,17)11-7-12-13(9-11)5-6-15/h7,9-10,15H,2-6,8H2,1H3. The van der Waals surface area contributed by atoms with E-state index >= 15 is 0 Å². The van der Waals surface area contributed by atoms with E-state index in [0.29, 0.717) is 25.6 Å². The number of hydrogen-bond donors (Lipinski definition) is 1. The van der Waals surface area contributed by atoms with Crippen LogP contribution in [0, 0.1) is 5.92 Å². The van der Waals surface area contributed by atoms with Crippen molar-refractivity contribution in [3.05, 3.63) is 12.4 Å². The Kier molecular flexibility index (Phi) is 4.04. The van der Waals surface area contributed by atoms with Gasteiger partial charge in [0.15, 0.2) is 0 Å². The Morgan fingerprint density at radius 1 is 1.56 bits per heavy atom. The highest BCUT2D eigenvalue weighted by Crippen LogP contribution is 2.22. The van der Waals surface area contributed by atoms with Gasteiger partial charge in [0.05, 0.1) is 19.3 Å². The van der Waals surface area contributed by atoms with Crippen molar-refractivity contribution < 1.29 is 13.5 Å². The topological polar surface area (TPSA) is 75.4 Å². The van der Waals surface area contributed by atoms with E-state index in [9.17, 15) is 8.42 Å². The predicted octanol–water partition coefficient (Wildman–Crippen LogP) is 0.296. The lowest BCUT2D eigenvalue weighted by Gasteiger charge is -2.29. The molecule has 1 saturated heterocycles. The third-order valence-electron chi connectivity index (χ3n) is 3.20. The van der Waals surface area contributed by atoms with Crippen LogP contribution in [0.4, 0.5) is 0 Å². The van der Waals surface area contributed by atoms with Gasteiger partial charge in [0, 0.05) is 19.3 Å². The average molecular weight is 273 g/mol. The second-order valence-corrected chi connectivity index (χ2v) is 6.71. The van der Waals surface area contributed by atoms with Crippen LogP contribution in [0.15, 0.2) is 17.3 Å². The Morgan fingerprint density at radius 2 is 2.33 bits per heavy atom. The molecule has 1 unspecified atom stereocenters. The van der Waals surface area contributed by atoms with E-state index in [1.165, 1.54) is 21.4 Å². The van der Waals surface area contributed by atoms with E-state index < -0.39 is 10.0 Å². The maximum absolute atomic E-state index is 12.4. The summed E-state index contributed by atoms with van der Waals surface area (Å²) < 4.78 is 27.7. The second-order valence-electron chi connectivity index (χ2n) is 4.77. The summed E-state index contributed by atoms with van der Waals surface area (Å²) in [4.78, 5) is 0.213. The molecule has 0 radical (unpaired) electrons. The second kappa shape index (κ2) is 5.38. The van der Waals surface area contributed by atoms with Crippen molar-refractivity contribution in [1.82, 2.24) is 14.1 Å². The molecular formula is C11H19N3O3S. The van der Waals surface area contributed by atoms with Crippen LogP contribution in [-0.4, -0.2) is 47.3 Å². The van der Waals surface area contributed by atoms with Gasteiger partial charge in [-0.2, -0.15) is 9.40 Å². The lowest BCUT2D eigenvalue weighted by molar-refractivity contribution is 0.269. The summed E-state index contributed by atoms with van der Waals surface area (Å²) in [6, 6.07) is 0. The van der Waals surface area contributed by atoms with Crippen LogP contribution < -0.4 is 0 Å².